The Kier molecular flexibility index (Phi) is 4.82. The summed E-state index contributed by atoms with van der Waals surface area (Å²) in [6, 6.07) is 1.82. The molecule has 0 radical (unpaired) electrons. The molecule has 0 saturated heterocycles. The van der Waals surface area contributed by atoms with Crippen LogP contribution >= 0.6 is 11.3 Å². The number of ether oxygens (including phenoxy) is 1. The van der Waals surface area contributed by atoms with Crippen LogP contribution in [-0.4, -0.2) is 27.9 Å². The predicted octanol–water partition coefficient (Wildman–Crippen LogP) is 0.882. The van der Waals surface area contributed by atoms with Crippen LogP contribution in [0.2, 0.25) is 0 Å². The molecule has 0 amide bonds. The number of carbonyl (C=O) groups is 2. The normalized spacial score (nSPS) is 16.2. The Morgan fingerprint density at radius 2 is 2.15 bits per heavy atom. The molecule has 0 aliphatic heterocycles. The van der Waals surface area contributed by atoms with Crippen molar-refractivity contribution in [3.63, 3.8) is 0 Å². The maximum Gasteiger partial charge on any atom is 0.348 e. The molecule has 8 nitrogen and oxygen atoms in total. The van der Waals surface area contributed by atoms with Crippen molar-refractivity contribution in [3.8, 4) is 0 Å². The zero-order valence-corrected chi connectivity index (χ0v) is 15.3. The Bertz CT molecular complexity index is 1000. The number of aromatic nitrogens is 2. The zero-order chi connectivity index (χ0) is 19.0. The number of esters is 1. The first-order chi connectivity index (χ1) is 12.3. The third kappa shape index (κ3) is 3.34. The molecule has 3 rings (SSSR count). The number of H-pyrrole nitrogens is 1. The number of nitrogens with zero attached hydrogens (tertiary/aromatic N) is 1. The van der Waals surface area contributed by atoms with Gasteiger partial charge in [0.05, 0.1) is 0 Å². The van der Waals surface area contributed by atoms with Crippen LogP contribution in [0.15, 0.2) is 15.7 Å². The van der Waals surface area contributed by atoms with Gasteiger partial charge < -0.3 is 10.5 Å². The van der Waals surface area contributed by atoms with E-state index >= 15 is 0 Å². The highest BCUT2D eigenvalue weighted by Crippen LogP contribution is 2.32. The van der Waals surface area contributed by atoms with Crippen molar-refractivity contribution in [2.45, 2.75) is 26.2 Å². The highest BCUT2D eigenvalue weighted by atomic mass is 32.1. The van der Waals surface area contributed by atoms with E-state index in [1.165, 1.54) is 23.3 Å². The van der Waals surface area contributed by atoms with Gasteiger partial charge in [0.25, 0.3) is 5.56 Å². The number of nitrogens with two attached hydrogens (primary N) is 1. The van der Waals surface area contributed by atoms with E-state index in [-0.39, 0.29) is 11.4 Å². The van der Waals surface area contributed by atoms with Gasteiger partial charge in [0.1, 0.15) is 16.3 Å². The second-order valence-electron chi connectivity index (χ2n) is 6.48. The van der Waals surface area contributed by atoms with Gasteiger partial charge in [-0.3, -0.25) is 19.1 Å². The average Bonchev–Trinajstić information content (AvgIpc) is 3.00. The van der Waals surface area contributed by atoms with Crippen molar-refractivity contribution in [1.82, 2.24) is 9.55 Å². The SMILES string of the molecule is C[C@H]1CCc2sc(C(=O)OCC(=O)c3c(N)n(C)c(=O)[nH]c3=O)cc2C1. The number of Topliss-reactive ketones (excluding diaryl/α,β-unsaturated/α-hetero) is 1. The fourth-order valence-corrected chi connectivity index (χ4v) is 4.09. The van der Waals surface area contributed by atoms with E-state index in [1.54, 1.807) is 0 Å². The molecule has 138 valence electrons. The third-order valence-electron chi connectivity index (χ3n) is 4.51. The van der Waals surface area contributed by atoms with E-state index in [0.717, 1.165) is 29.4 Å². The van der Waals surface area contributed by atoms with Crippen LogP contribution in [0.25, 0.3) is 0 Å². The molecular formula is C17H19N3O5S. The molecule has 3 N–H and O–H groups in total. The molecule has 26 heavy (non-hydrogen) atoms. The van der Waals surface area contributed by atoms with Gasteiger partial charge in [-0.2, -0.15) is 0 Å². The van der Waals surface area contributed by atoms with Gasteiger partial charge in [-0.05, 0) is 36.8 Å². The van der Waals surface area contributed by atoms with Crippen molar-refractivity contribution in [2.24, 2.45) is 13.0 Å². The molecule has 1 aliphatic rings. The maximum absolute atomic E-state index is 12.2. The molecule has 0 fully saturated rings. The number of nitrogen functional groups attached to an aromatic ring is 1. The molecule has 1 aliphatic carbocycles. The summed E-state index contributed by atoms with van der Waals surface area (Å²) in [5, 5.41) is 0. The summed E-state index contributed by atoms with van der Waals surface area (Å²) in [5.74, 6) is -1.05. The lowest BCUT2D eigenvalue weighted by Crippen LogP contribution is -2.35. The molecule has 2 aromatic rings. The number of rotatable bonds is 4. The van der Waals surface area contributed by atoms with Crippen LogP contribution in [0.5, 0.6) is 0 Å². The lowest BCUT2D eigenvalue weighted by molar-refractivity contribution is 0.0479. The minimum atomic E-state index is -0.896. The Morgan fingerprint density at radius 1 is 1.42 bits per heavy atom. The summed E-state index contributed by atoms with van der Waals surface area (Å²) in [7, 11) is 1.33. The molecule has 2 heterocycles. The monoisotopic (exact) mass is 377 g/mol. The van der Waals surface area contributed by atoms with Crippen molar-refractivity contribution >= 4 is 28.9 Å². The first kappa shape index (κ1) is 18.1. The van der Waals surface area contributed by atoms with Crippen LogP contribution in [0, 0.1) is 5.92 Å². The van der Waals surface area contributed by atoms with E-state index in [0.29, 0.717) is 10.8 Å². The van der Waals surface area contributed by atoms with E-state index in [4.69, 9.17) is 10.5 Å². The summed E-state index contributed by atoms with van der Waals surface area (Å²) < 4.78 is 6.00. The second kappa shape index (κ2) is 6.91. The van der Waals surface area contributed by atoms with Gasteiger partial charge >= 0.3 is 11.7 Å². The summed E-state index contributed by atoms with van der Waals surface area (Å²) in [5.41, 5.74) is 4.82. The van der Waals surface area contributed by atoms with Gasteiger partial charge in [-0.1, -0.05) is 6.92 Å². The third-order valence-corrected chi connectivity index (χ3v) is 5.73. The minimum Gasteiger partial charge on any atom is -0.453 e. The molecule has 2 aromatic heterocycles. The average molecular weight is 377 g/mol. The fraction of sp³-hybridized carbons (Fsp3) is 0.412. The molecule has 1 atom stereocenters. The first-order valence-electron chi connectivity index (χ1n) is 8.18. The lowest BCUT2D eigenvalue weighted by atomic mass is 9.90. The summed E-state index contributed by atoms with van der Waals surface area (Å²) in [6.45, 7) is 1.55. The largest absolute Gasteiger partial charge is 0.453 e. The number of hydrogen-bond donors (Lipinski definition) is 2. The van der Waals surface area contributed by atoms with Crippen LogP contribution in [0.4, 0.5) is 5.82 Å². The lowest BCUT2D eigenvalue weighted by Gasteiger charge is -2.16. The maximum atomic E-state index is 12.2. The smallest absolute Gasteiger partial charge is 0.348 e. The molecule has 0 spiro atoms. The van der Waals surface area contributed by atoms with E-state index in [9.17, 15) is 19.2 Å². The highest BCUT2D eigenvalue weighted by Gasteiger charge is 2.23. The molecule has 0 bridgehead atoms. The van der Waals surface area contributed by atoms with Crippen LogP contribution < -0.4 is 17.0 Å². The Morgan fingerprint density at radius 3 is 2.88 bits per heavy atom. The number of nitrogens with one attached hydrogen (secondary N) is 1. The number of aryl methyl sites for hydroxylation is 1. The summed E-state index contributed by atoms with van der Waals surface area (Å²) in [6.07, 6.45) is 2.97. The van der Waals surface area contributed by atoms with Gasteiger partial charge in [-0.15, -0.1) is 11.3 Å². The fourth-order valence-electron chi connectivity index (χ4n) is 2.99. The number of thiophene rings is 1. The number of ketones is 1. The molecule has 0 aromatic carbocycles. The zero-order valence-electron chi connectivity index (χ0n) is 14.5. The molecule has 0 saturated carbocycles. The van der Waals surface area contributed by atoms with Crippen molar-refractivity contribution in [2.75, 3.05) is 12.3 Å². The van der Waals surface area contributed by atoms with E-state index < -0.39 is 29.6 Å². The van der Waals surface area contributed by atoms with Gasteiger partial charge in [0, 0.05) is 11.9 Å². The molecular weight excluding hydrogens is 358 g/mol. The summed E-state index contributed by atoms with van der Waals surface area (Å²) in [4.78, 5) is 51.4. The summed E-state index contributed by atoms with van der Waals surface area (Å²) >= 11 is 1.38. The van der Waals surface area contributed by atoms with Crippen LogP contribution in [-0.2, 0) is 24.6 Å². The van der Waals surface area contributed by atoms with Crippen molar-refractivity contribution < 1.29 is 14.3 Å². The number of anilines is 1. The number of fused-ring (bicyclic) bond motifs is 1. The first-order valence-corrected chi connectivity index (χ1v) is 9.00. The van der Waals surface area contributed by atoms with E-state index in [1.807, 2.05) is 11.1 Å². The molecule has 0 unspecified atom stereocenters. The standard InChI is InChI=1S/C17H19N3O5S/c1-8-3-4-11-9(5-8)6-12(26-11)16(23)25-7-10(21)13-14(18)20(2)17(24)19-15(13)22/h6,8H,3-5,7,18H2,1-2H3,(H,19,22,24)/t8-/m0/s1. The number of carbonyl (C=O) groups excluding carboxylic acids is 2. The topological polar surface area (TPSA) is 124 Å². The quantitative estimate of drug-likeness (QED) is 0.602. The Balaban J connectivity index is 1.73. The van der Waals surface area contributed by atoms with Gasteiger partial charge in [0.15, 0.2) is 6.61 Å². The van der Waals surface area contributed by atoms with Crippen LogP contribution in [0.3, 0.4) is 0 Å². The highest BCUT2D eigenvalue weighted by molar-refractivity contribution is 7.14. The van der Waals surface area contributed by atoms with E-state index in [2.05, 4.69) is 6.92 Å². The number of aromatic amines is 1. The van der Waals surface area contributed by atoms with Crippen molar-refractivity contribution in [3.05, 3.63) is 47.8 Å². The van der Waals surface area contributed by atoms with Crippen molar-refractivity contribution in [1.29, 1.82) is 0 Å². The predicted molar refractivity (Wildman–Crippen MR) is 96.8 cm³/mol. The Hall–Kier alpha value is -2.68. The minimum absolute atomic E-state index is 0.264. The second-order valence-corrected chi connectivity index (χ2v) is 7.62. The van der Waals surface area contributed by atoms with Crippen LogP contribution in [0.1, 0.15) is 43.8 Å². The Labute approximate surface area is 152 Å². The van der Waals surface area contributed by atoms with Gasteiger partial charge in [-0.25, -0.2) is 9.59 Å². The number of hydrogen-bond acceptors (Lipinski definition) is 7. The molecule has 9 heteroatoms. The van der Waals surface area contributed by atoms with Gasteiger partial charge in [0.2, 0.25) is 5.78 Å².